The van der Waals surface area contributed by atoms with Gasteiger partial charge in [0.1, 0.15) is 0 Å². The molecule has 0 bridgehead atoms. The highest BCUT2D eigenvalue weighted by molar-refractivity contribution is 7.94. The largest absolute Gasteiger partial charge is 0.303 e. The molecule has 0 aromatic carbocycles. The minimum Gasteiger partial charge on any atom is -0.303 e. The number of rotatable bonds is 2. The monoisotopic (exact) mass is 303 g/mol. The second-order valence-electron chi connectivity index (χ2n) is 4.81. The molecule has 1 N–H and O–H groups in total. The van der Waals surface area contributed by atoms with Crippen molar-refractivity contribution in [2.75, 3.05) is 5.75 Å². The van der Waals surface area contributed by atoms with E-state index in [4.69, 9.17) is 11.6 Å². The van der Waals surface area contributed by atoms with Crippen LogP contribution < -0.4 is 5.32 Å². The minimum atomic E-state index is -2.98. The fourth-order valence-electron chi connectivity index (χ4n) is 2.63. The van der Waals surface area contributed by atoms with E-state index in [0.717, 1.165) is 23.6 Å². The van der Waals surface area contributed by atoms with E-state index in [1.54, 1.807) is 17.4 Å². The van der Waals surface area contributed by atoms with Crippen LogP contribution in [-0.2, 0) is 16.3 Å². The predicted octanol–water partition coefficient (Wildman–Crippen LogP) is 2.68. The van der Waals surface area contributed by atoms with Gasteiger partial charge in [0.15, 0.2) is 9.84 Å². The SMILES string of the molecule is O=S1(=O)C=CC(NC2CCCc3sc(Cl)cc32)C1. The van der Waals surface area contributed by atoms with Crippen molar-refractivity contribution < 1.29 is 8.42 Å². The van der Waals surface area contributed by atoms with Crippen LogP contribution in [0.1, 0.15) is 29.3 Å². The van der Waals surface area contributed by atoms with Gasteiger partial charge in [-0.15, -0.1) is 11.3 Å². The summed E-state index contributed by atoms with van der Waals surface area (Å²) in [6.45, 7) is 0. The summed E-state index contributed by atoms with van der Waals surface area (Å²) in [5.41, 5.74) is 1.26. The van der Waals surface area contributed by atoms with Crippen LogP contribution in [0.25, 0.3) is 0 Å². The smallest absolute Gasteiger partial charge is 0.173 e. The number of nitrogens with one attached hydrogen (secondary N) is 1. The van der Waals surface area contributed by atoms with E-state index in [2.05, 4.69) is 5.32 Å². The maximum Gasteiger partial charge on any atom is 0.173 e. The van der Waals surface area contributed by atoms with Crippen molar-refractivity contribution in [1.82, 2.24) is 5.32 Å². The van der Waals surface area contributed by atoms with Crippen LogP contribution in [0.3, 0.4) is 0 Å². The van der Waals surface area contributed by atoms with Crippen molar-refractivity contribution in [3.63, 3.8) is 0 Å². The summed E-state index contributed by atoms with van der Waals surface area (Å²) in [6, 6.07) is 2.19. The Morgan fingerprint density at radius 2 is 2.28 bits per heavy atom. The van der Waals surface area contributed by atoms with E-state index in [9.17, 15) is 8.42 Å². The quantitative estimate of drug-likeness (QED) is 0.913. The van der Waals surface area contributed by atoms with Crippen LogP contribution in [0.5, 0.6) is 0 Å². The summed E-state index contributed by atoms with van der Waals surface area (Å²) in [6.07, 6.45) is 5.01. The van der Waals surface area contributed by atoms with Gasteiger partial charge in [0.05, 0.1) is 10.1 Å². The van der Waals surface area contributed by atoms with Gasteiger partial charge in [0.25, 0.3) is 0 Å². The molecule has 0 radical (unpaired) electrons. The van der Waals surface area contributed by atoms with Gasteiger partial charge in [0.2, 0.25) is 0 Å². The fraction of sp³-hybridized carbons (Fsp3) is 0.500. The van der Waals surface area contributed by atoms with Crippen molar-refractivity contribution in [3.8, 4) is 0 Å². The summed E-state index contributed by atoms with van der Waals surface area (Å²) < 4.78 is 23.6. The average molecular weight is 304 g/mol. The van der Waals surface area contributed by atoms with E-state index in [1.807, 2.05) is 6.07 Å². The molecule has 2 aliphatic rings. The first-order chi connectivity index (χ1) is 8.53. The molecule has 1 aliphatic carbocycles. The number of halogens is 1. The standard InChI is InChI=1S/C12H14ClNO2S2/c13-12-6-9-10(2-1-3-11(9)17-12)14-8-4-5-18(15,16)7-8/h4-6,8,10,14H,1-3,7H2. The van der Waals surface area contributed by atoms with Crippen molar-refractivity contribution in [3.05, 3.63) is 32.3 Å². The Kier molecular flexibility index (Phi) is 3.26. The number of fused-ring (bicyclic) bond motifs is 1. The molecule has 2 heterocycles. The number of hydrogen-bond acceptors (Lipinski definition) is 4. The average Bonchev–Trinajstić information content (AvgIpc) is 2.81. The van der Waals surface area contributed by atoms with E-state index >= 15 is 0 Å². The Morgan fingerprint density at radius 3 is 3.00 bits per heavy atom. The summed E-state index contributed by atoms with van der Waals surface area (Å²) in [4.78, 5) is 1.34. The lowest BCUT2D eigenvalue weighted by Gasteiger charge is -2.26. The topological polar surface area (TPSA) is 46.2 Å². The van der Waals surface area contributed by atoms with Gasteiger partial charge in [-0.1, -0.05) is 17.7 Å². The molecule has 18 heavy (non-hydrogen) atoms. The fourth-order valence-corrected chi connectivity index (χ4v) is 5.26. The molecule has 1 aromatic heterocycles. The highest BCUT2D eigenvalue weighted by atomic mass is 35.5. The molecule has 3 rings (SSSR count). The van der Waals surface area contributed by atoms with Gasteiger partial charge in [-0.05, 0) is 30.9 Å². The minimum absolute atomic E-state index is 0.0652. The lowest BCUT2D eigenvalue weighted by molar-refractivity contribution is 0.445. The molecule has 2 unspecified atom stereocenters. The molecular formula is C12H14ClNO2S2. The van der Waals surface area contributed by atoms with Gasteiger partial charge in [0, 0.05) is 22.4 Å². The highest BCUT2D eigenvalue weighted by Crippen LogP contribution is 2.38. The zero-order valence-corrected chi connectivity index (χ0v) is 12.1. The van der Waals surface area contributed by atoms with Crippen LogP contribution in [0, 0.1) is 0 Å². The molecule has 6 heteroatoms. The van der Waals surface area contributed by atoms with E-state index in [1.165, 1.54) is 15.8 Å². The van der Waals surface area contributed by atoms with Gasteiger partial charge < -0.3 is 5.32 Å². The number of aryl methyl sites for hydroxylation is 1. The summed E-state index contributed by atoms with van der Waals surface area (Å²) in [5, 5.41) is 4.74. The molecule has 0 saturated heterocycles. The summed E-state index contributed by atoms with van der Waals surface area (Å²) in [7, 11) is -2.98. The third-order valence-electron chi connectivity index (χ3n) is 3.43. The Hall–Kier alpha value is -0.360. The van der Waals surface area contributed by atoms with Crippen LogP contribution in [0.4, 0.5) is 0 Å². The van der Waals surface area contributed by atoms with Crippen molar-refractivity contribution in [2.24, 2.45) is 0 Å². The van der Waals surface area contributed by atoms with Crippen LogP contribution in [0.2, 0.25) is 4.34 Å². The van der Waals surface area contributed by atoms with Gasteiger partial charge in [-0.25, -0.2) is 8.42 Å². The summed E-state index contributed by atoms with van der Waals surface area (Å²) >= 11 is 7.70. The third-order valence-corrected chi connectivity index (χ3v) is 6.16. The van der Waals surface area contributed by atoms with E-state index in [0.29, 0.717) is 0 Å². The van der Waals surface area contributed by atoms with E-state index in [-0.39, 0.29) is 17.8 Å². The maximum absolute atomic E-state index is 11.4. The Morgan fingerprint density at radius 1 is 1.44 bits per heavy atom. The maximum atomic E-state index is 11.4. The second-order valence-corrected chi connectivity index (χ2v) is 8.50. The molecule has 2 atom stereocenters. The van der Waals surface area contributed by atoms with Gasteiger partial charge in [-0.2, -0.15) is 0 Å². The molecule has 1 aliphatic heterocycles. The molecule has 3 nitrogen and oxygen atoms in total. The first-order valence-electron chi connectivity index (χ1n) is 5.99. The van der Waals surface area contributed by atoms with Gasteiger partial charge in [-0.3, -0.25) is 0 Å². The van der Waals surface area contributed by atoms with Crippen molar-refractivity contribution >= 4 is 32.8 Å². The van der Waals surface area contributed by atoms with Crippen LogP contribution >= 0.6 is 22.9 Å². The zero-order chi connectivity index (χ0) is 12.8. The Balaban J connectivity index is 1.77. The van der Waals surface area contributed by atoms with E-state index < -0.39 is 9.84 Å². The number of hydrogen-bond donors (Lipinski definition) is 1. The Labute approximate surface area is 116 Å². The lowest BCUT2D eigenvalue weighted by Crippen LogP contribution is -2.34. The first-order valence-corrected chi connectivity index (χ1v) is 8.89. The molecular weight excluding hydrogens is 290 g/mol. The summed E-state index contributed by atoms with van der Waals surface area (Å²) in [5.74, 6) is 0.177. The highest BCUT2D eigenvalue weighted by Gasteiger charge is 2.28. The zero-order valence-electron chi connectivity index (χ0n) is 9.73. The molecule has 1 aromatic rings. The van der Waals surface area contributed by atoms with Crippen LogP contribution in [0.15, 0.2) is 17.6 Å². The molecule has 98 valence electrons. The predicted molar refractivity (Wildman–Crippen MR) is 74.9 cm³/mol. The van der Waals surface area contributed by atoms with Gasteiger partial charge >= 0.3 is 0 Å². The second kappa shape index (κ2) is 4.63. The lowest BCUT2D eigenvalue weighted by atomic mass is 9.93. The first kappa shape index (κ1) is 12.7. The molecule has 0 amide bonds. The van der Waals surface area contributed by atoms with Crippen molar-refractivity contribution in [1.29, 1.82) is 0 Å². The molecule has 0 fully saturated rings. The van der Waals surface area contributed by atoms with Crippen LogP contribution in [-0.4, -0.2) is 20.2 Å². The number of thiophene rings is 1. The van der Waals surface area contributed by atoms with Crippen molar-refractivity contribution in [2.45, 2.75) is 31.3 Å². The molecule has 0 spiro atoms. The third kappa shape index (κ3) is 2.50. The number of sulfone groups is 1. The Bertz CT molecular complexity index is 591. The molecule has 0 saturated carbocycles. The normalized spacial score (nSPS) is 29.4.